The van der Waals surface area contributed by atoms with E-state index >= 15 is 4.39 Å². The molecule has 0 aliphatic carbocycles. The van der Waals surface area contributed by atoms with Crippen LogP contribution in [0, 0.1) is 17.5 Å². The van der Waals surface area contributed by atoms with Crippen LogP contribution in [0.2, 0.25) is 0 Å². The van der Waals surface area contributed by atoms with Gasteiger partial charge in [0.2, 0.25) is 0 Å². The van der Waals surface area contributed by atoms with Crippen LogP contribution in [0.15, 0.2) is 66.2 Å². The van der Waals surface area contributed by atoms with Crippen molar-refractivity contribution in [1.29, 1.82) is 0 Å². The first-order valence-electron chi connectivity index (χ1n) is 10.7. The van der Waals surface area contributed by atoms with Gasteiger partial charge in [-0.2, -0.15) is 13.2 Å². The molecule has 16 heteroatoms. The molecule has 0 saturated carbocycles. The Morgan fingerprint density at radius 2 is 1.72 bits per heavy atom. The number of hydrogen-bond donors (Lipinski definition) is 3. The van der Waals surface area contributed by atoms with Crippen molar-refractivity contribution >= 4 is 38.4 Å². The van der Waals surface area contributed by atoms with E-state index in [4.69, 9.17) is 0 Å². The predicted molar refractivity (Wildman–Crippen MR) is 127 cm³/mol. The third-order valence-corrected chi connectivity index (χ3v) is 6.82. The Hall–Kier alpha value is -4.73. The van der Waals surface area contributed by atoms with Crippen molar-refractivity contribution in [3.8, 4) is 11.3 Å². The van der Waals surface area contributed by atoms with E-state index in [2.05, 4.69) is 30.2 Å². The summed E-state index contributed by atoms with van der Waals surface area (Å²) in [5.41, 5.74) is -2.30. The average molecular weight is 565 g/mol. The third-order valence-electron chi connectivity index (χ3n) is 5.40. The molecule has 5 aromatic rings. The molecule has 200 valence electrons. The van der Waals surface area contributed by atoms with Crippen LogP contribution in [0.4, 0.5) is 43.5 Å². The van der Waals surface area contributed by atoms with Gasteiger partial charge in [-0.1, -0.05) is 0 Å². The largest absolute Gasteiger partial charge is 0.417 e. The summed E-state index contributed by atoms with van der Waals surface area (Å²) in [6.45, 7) is 0. The van der Waals surface area contributed by atoms with Crippen LogP contribution in [0.1, 0.15) is 5.56 Å². The van der Waals surface area contributed by atoms with Crippen LogP contribution in [-0.2, 0) is 16.2 Å². The number of aromatic nitrogens is 5. The van der Waals surface area contributed by atoms with Crippen LogP contribution in [0.3, 0.4) is 0 Å². The summed E-state index contributed by atoms with van der Waals surface area (Å²) in [4.78, 5) is 17.8. The van der Waals surface area contributed by atoms with E-state index in [1.807, 2.05) is 0 Å². The molecule has 0 bridgehead atoms. The normalized spacial score (nSPS) is 12.1. The van der Waals surface area contributed by atoms with Crippen molar-refractivity contribution in [3.05, 3.63) is 84.3 Å². The number of anilines is 3. The minimum Gasteiger partial charge on any atom is -0.341 e. The number of benzene rings is 2. The fraction of sp³-hybridized carbons (Fsp3) is 0.0435. The van der Waals surface area contributed by atoms with E-state index in [1.54, 1.807) is 4.72 Å². The summed E-state index contributed by atoms with van der Waals surface area (Å²) in [5.74, 6) is -4.08. The van der Waals surface area contributed by atoms with Gasteiger partial charge in [-0.15, -0.1) is 0 Å². The van der Waals surface area contributed by atoms with Gasteiger partial charge < -0.3 is 10.3 Å². The predicted octanol–water partition coefficient (Wildman–Crippen LogP) is 5.40. The molecule has 3 heterocycles. The third kappa shape index (κ3) is 4.93. The summed E-state index contributed by atoms with van der Waals surface area (Å²) in [7, 11) is -5.11. The van der Waals surface area contributed by atoms with Gasteiger partial charge in [0.1, 0.15) is 40.7 Å². The maximum Gasteiger partial charge on any atom is 0.417 e. The van der Waals surface area contributed by atoms with Crippen LogP contribution >= 0.6 is 0 Å². The number of fused-ring (bicyclic) bond motifs is 1. The lowest BCUT2D eigenvalue weighted by Gasteiger charge is -2.17. The minimum atomic E-state index is -5.24. The molecule has 0 atom stereocenters. The van der Waals surface area contributed by atoms with Crippen molar-refractivity contribution in [2.75, 3.05) is 10.0 Å². The molecule has 5 rings (SSSR count). The highest BCUT2D eigenvalue weighted by molar-refractivity contribution is 7.92. The first-order valence-corrected chi connectivity index (χ1v) is 12.2. The van der Waals surface area contributed by atoms with Gasteiger partial charge in [0.25, 0.3) is 10.0 Å². The molecule has 0 aliphatic heterocycles. The zero-order valence-corrected chi connectivity index (χ0v) is 19.9. The lowest BCUT2D eigenvalue weighted by molar-refractivity contribution is -0.140. The number of rotatable bonds is 6. The topological polar surface area (TPSA) is 126 Å². The second-order valence-electron chi connectivity index (χ2n) is 7.88. The molecule has 0 radical (unpaired) electrons. The number of sulfonamides is 1. The fourth-order valence-electron chi connectivity index (χ4n) is 3.69. The summed E-state index contributed by atoms with van der Waals surface area (Å²) in [5, 5.41) is 2.45. The van der Waals surface area contributed by atoms with E-state index in [1.165, 1.54) is 31.0 Å². The van der Waals surface area contributed by atoms with E-state index in [9.17, 15) is 30.4 Å². The highest BCUT2D eigenvalue weighted by Crippen LogP contribution is 2.37. The van der Waals surface area contributed by atoms with Crippen molar-refractivity contribution in [1.82, 2.24) is 24.9 Å². The SMILES string of the molecule is O=S(=O)(Nc1ccc(F)c(Nc2ncccc2-c2ncnc3nc[nH]c23)c1F)c1ccc(F)cc1C(F)(F)F. The number of H-pyrrole nitrogens is 1. The van der Waals surface area contributed by atoms with Crippen molar-refractivity contribution in [2.24, 2.45) is 0 Å². The quantitative estimate of drug-likeness (QED) is 0.236. The van der Waals surface area contributed by atoms with Gasteiger partial charge in [-0.3, -0.25) is 4.72 Å². The molecule has 0 spiro atoms. The second kappa shape index (κ2) is 9.54. The molecular formula is C23H13F6N7O2S. The Bertz CT molecular complexity index is 1830. The monoisotopic (exact) mass is 565 g/mol. The molecule has 3 aromatic heterocycles. The zero-order valence-electron chi connectivity index (χ0n) is 19.1. The number of hydrogen-bond acceptors (Lipinski definition) is 7. The summed E-state index contributed by atoms with van der Waals surface area (Å²) in [6.07, 6.45) is -1.34. The first kappa shape index (κ1) is 25.9. The number of nitrogens with one attached hydrogen (secondary N) is 3. The first-order chi connectivity index (χ1) is 18.5. The number of alkyl halides is 3. The van der Waals surface area contributed by atoms with E-state index in [-0.39, 0.29) is 23.1 Å². The van der Waals surface area contributed by atoms with E-state index in [0.29, 0.717) is 35.4 Å². The standard InChI is InChI=1S/C23H13F6N7O2S/c24-11-3-6-16(13(8-11)23(27,28)29)39(37,38)36-15-5-4-14(25)19(17(15)26)35-21-12(2-1-7-30-21)18-20-22(33-9-31-18)34-10-32-20/h1-10,36H,(H,30,35)(H,31,32,33,34). The lowest BCUT2D eigenvalue weighted by atomic mass is 10.1. The van der Waals surface area contributed by atoms with E-state index < -0.39 is 55.5 Å². The highest BCUT2D eigenvalue weighted by atomic mass is 32.2. The number of imidazole rings is 1. The summed E-state index contributed by atoms with van der Waals surface area (Å²) in [6, 6.07) is 5.33. The van der Waals surface area contributed by atoms with Crippen molar-refractivity contribution in [2.45, 2.75) is 11.1 Å². The number of nitrogens with zero attached hydrogens (tertiary/aromatic N) is 4. The van der Waals surface area contributed by atoms with Gasteiger partial charge in [-0.05, 0) is 42.5 Å². The summed E-state index contributed by atoms with van der Waals surface area (Å²) >= 11 is 0. The van der Waals surface area contributed by atoms with Crippen molar-refractivity contribution < 1.29 is 34.8 Å². The number of pyridine rings is 1. The Labute approximate surface area is 215 Å². The van der Waals surface area contributed by atoms with Gasteiger partial charge in [0, 0.05) is 11.8 Å². The second-order valence-corrected chi connectivity index (χ2v) is 9.53. The van der Waals surface area contributed by atoms with Crippen LogP contribution in [0.25, 0.3) is 22.4 Å². The van der Waals surface area contributed by atoms with Gasteiger partial charge in [0.05, 0.1) is 22.5 Å². The average Bonchev–Trinajstić information content (AvgIpc) is 3.37. The van der Waals surface area contributed by atoms with Gasteiger partial charge >= 0.3 is 6.18 Å². The Balaban J connectivity index is 1.54. The molecule has 0 fully saturated rings. The van der Waals surface area contributed by atoms with Crippen molar-refractivity contribution in [3.63, 3.8) is 0 Å². The van der Waals surface area contributed by atoms with Gasteiger partial charge in [0.15, 0.2) is 11.5 Å². The fourth-order valence-corrected chi connectivity index (χ4v) is 4.96. The lowest BCUT2D eigenvalue weighted by Crippen LogP contribution is -2.20. The van der Waals surface area contributed by atoms with Crippen LogP contribution in [0.5, 0.6) is 0 Å². The van der Waals surface area contributed by atoms with Gasteiger partial charge in [-0.25, -0.2) is 41.5 Å². The molecule has 0 unspecified atom stereocenters. The smallest absolute Gasteiger partial charge is 0.341 e. The van der Waals surface area contributed by atoms with Crippen LogP contribution in [-0.4, -0.2) is 33.3 Å². The zero-order chi connectivity index (χ0) is 27.9. The number of halogens is 6. The highest BCUT2D eigenvalue weighted by Gasteiger charge is 2.38. The Kier molecular flexibility index (Phi) is 6.33. The molecule has 39 heavy (non-hydrogen) atoms. The molecule has 2 aromatic carbocycles. The molecule has 9 nitrogen and oxygen atoms in total. The Morgan fingerprint density at radius 1 is 0.923 bits per heavy atom. The molecule has 0 aliphatic rings. The molecular weight excluding hydrogens is 552 g/mol. The maximum absolute atomic E-state index is 15.4. The van der Waals surface area contributed by atoms with Crippen LogP contribution < -0.4 is 10.0 Å². The maximum atomic E-state index is 15.4. The minimum absolute atomic E-state index is 0.00500. The Morgan fingerprint density at radius 3 is 2.49 bits per heavy atom. The molecule has 0 amide bonds. The number of aromatic amines is 1. The van der Waals surface area contributed by atoms with E-state index in [0.717, 1.165) is 0 Å². The summed E-state index contributed by atoms with van der Waals surface area (Å²) < 4.78 is 111. The molecule has 3 N–H and O–H groups in total. The molecule has 0 saturated heterocycles.